The van der Waals surface area contributed by atoms with E-state index in [1.54, 1.807) is 13.2 Å². The van der Waals surface area contributed by atoms with Gasteiger partial charge in [-0.15, -0.1) is 0 Å². The molecule has 0 aliphatic carbocycles. The lowest BCUT2D eigenvalue weighted by molar-refractivity contribution is 0.306. The van der Waals surface area contributed by atoms with Crippen molar-refractivity contribution in [2.45, 2.75) is 19.7 Å². The summed E-state index contributed by atoms with van der Waals surface area (Å²) in [4.78, 5) is 0. The number of ether oxygens (including phenoxy) is 2. The normalized spacial score (nSPS) is 10.6. The fourth-order valence-electron chi connectivity index (χ4n) is 2.59. The highest BCUT2D eigenvalue weighted by Crippen LogP contribution is 2.23. The third-order valence-electron chi connectivity index (χ3n) is 4.13. The molecule has 1 N–H and O–H groups in total. The minimum Gasteiger partial charge on any atom is -0.497 e. The van der Waals surface area contributed by atoms with Crippen molar-refractivity contribution in [1.82, 2.24) is 5.32 Å². The van der Waals surface area contributed by atoms with Gasteiger partial charge in [0.1, 0.15) is 18.1 Å². The van der Waals surface area contributed by atoms with Gasteiger partial charge in [-0.2, -0.15) is 0 Å². The third-order valence-corrected chi connectivity index (χ3v) is 4.87. The summed E-state index contributed by atoms with van der Waals surface area (Å²) >= 11 is 11.9. The Morgan fingerprint density at radius 2 is 1.26 bits per heavy atom. The van der Waals surface area contributed by atoms with Crippen LogP contribution in [0.5, 0.6) is 11.5 Å². The van der Waals surface area contributed by atoms with E-state index in [0.717, 1.165) is 30.2 Å². The molecule has 3 rings (SSSR count). The van der Waals surface area contributed by atoms with Gasteiger partial charge in [0.05, 0.1) is 17.2 Å². The van der Waals surface area contributed by atoms with Crippen molar-refractivity contribution in [2.24, 2.45) is 0 Å². The van der Waals surface area contributed by atoms with Crippen LogP contribution < -0.4 is 14.8 Å². The number of benzene rings is 3. The van der Waals surface area contributed by atoms with Gasteiger partial charge in [0.2, 0.25) is 0 Å². The minimum absolute atomic E-state index is 0.450. The maximum atomic E-state index is 6.02. The lowest BCUT2D eigenvalue weighted by Gasteiger charge is -2.09. The Morgan fingerprint density at radius 3 is 1.81 bits per heavy atom. The fraction of sp³-hybridized carbons (Fsp3) is 0.182. The Kier molecular flexibility index (Phi) is 6.99. The Bertz CT molecular complexity index is 864. The predicted octanol–water partition coefficient (Wildman–Crippen LogP) is 5.87. The van der Waals surface area contributed by atoms with Crippen molar-refractivity contribution in [3.8, 4) is 11.5 Å². The highest BCUT2D eigenvalue weighted by Gasteiger charge is 2.02. The first-order valence-corrected chi connectivity index (χ1v) is 9.39. The standard InChI is InChI=1S/C22H21Cl2NO2/c1-26-19-7-2-16(3-8-19)13-25-14-17-4-9-20(10-5-17)27-15-18-6-11-21(23)22(24)12-18/h2-12,25H,13-15H2,1H3. The van der Waals surface area contributed by atoms with Crippen LogP contribution in [0.2, 0.25) is 10.0 Å². The van der Waals surface area contributed by atoms with E-state index in [2.05, 4.69) is 29.6 Å². The molecule has 140 valence electrons. The Hall–Kier alpha value is -2.20. The molecule has 5 heteroatoms. The number of hydrogen-bond acceptors (Lipinski definition) is 3. The molecule has 0 spiro atoms. The van der Waals surface area contributed by atoms with Gasteiger partial charge in [0.15, 0.2) is 0 Å². The van der Waals surface area contributed by atoms with Gasteiger partial charge >= 0.3 is 0 Å². The van der Waals surface area contributed by atoms with Crippen molar-refractivity contribution >= 4 is 23.2 Å². The van der Waals surface area contributed by atoms with Crippen molar-refractivity contribution in [2.75, 3.05) is 7.11 Å². The van der Waals surface area contributed by atoms with Gasteiger partial charge in [-0.25, -0.2) is 0 Å². The lowest BCUT2D eigenvalue weighted by Crippen LogP contribution is -2.12. The molecule has 0 unspecified atom stereocenters. The molecule has 3 aromatic rings. The molecule has 0 saturated heterocycles. The van der Waals surface area contributed by atoms with Crippen LogP contribution in [0.25, 0.3) is 0 Å². The van der Waals surface area contributed by atoms with E-state index in [1.165, 1.54) is 11.1 Å². The molecule has 0 aromatic heterocycles. The van der Waals surface area contributed by atoms with Gasteiger partial charge in [0, 0.05) is 13.1 Å². The van der Waals surface area contributed by atoms with Gasteiger partial charge in [-0.1, -0.05) is 53.5 Å². The van der Waals surface area contributed by atoms with Crippen LogP contribution in [0.1, 0.15) is 16.7 Å². The first-order valence-electron chi connectivity index (χ1n) is 8.63. The highest BCUT2D eigenvalue weighted by molar-refractivity contribution is 6.42. The van der Waals surface area contributed by atoms with Crippen LogP contribution in [0.4, 0.5) is 0 Å². The molecule has 0 saturated carbocycles. The second-order valence-corrected chi connectivity index (χ2v) is 6.95. The van der Waals surface area contributed by atoms with Gasteiger partial charge in [-0.3, -0.25) is 0 Å². The highest BCUT2D eigenvalue weighted by atomic mass is 35.5. The van der Waals surface area contributed by atoms with Crippen molar-refractivity contribution in [3.63, 3.8) is 0 Å². The van der Waals surface area contributed by atoms with Crippen LogP contribution in [-0.2, 0) is 19.7 Å². The summed E-state index contributed by atoms with van der Waals surface area (Å²) in [6.45, 7) is 2.05. The number of halogens is 2. The van der Waals surface area contributed by atoms with E-state index < -0.39 is 0 Å². The molecule has 0 atom stereocenters. The average molecular weight is 402 g/mol. The van der Waals surface area contributed by atoms with Crippen molar-refractivity contribution < 1.29 is 9.47 Å². The van der Waals surface area contributed by atoms with Gasteiger partial charge in [-0.05, 0) is 53.1 Å². The molecule has 0 aliphatic rings. The number of rotatable bonds is 8. The second kappa shape index (κ2) is 9.65. The monoisotopic (exact) mass is 401 g/mol. The minimum atomic E-state index is 0.450. The maximum absolute atomic E-state index is 6.02. The topological polar surface area (TPSA) is 30.5 Å². The smallest absolute Gasteiger partial charge is 0.119 e. The largest absolute Gasteiger partial charge is 0.497 e. The first kappa shape index (κ1) is 19.6. The van der Waals surface area contributed by atoms with Gasteiger partial charge < -0.3 is 14.8 Å². The summed E-state index contributed by atoms with van der Waals surface area (Å²) in [7, 11) is 1.67. The van der Waals surface area contributed by atoms with E-state index in [9.17, 15) is 0 Å². The first-order chi connectivity index (χ1) is 13.1. The summed E-state index contributed by atoms with van der Waals surface area (Å²) in [6, 6.07) is 21.6. The zero-order valence-corrected chi connectivity index (χ0v) is 16.6. The Balaban J connectivity index is 1.45. The van der Waals surface area contributed by atoms with Gasteiger partial charge in [0.25, 0.3) is 0 Å². The predicted molar refractivity (Wildman–Crippen MR) is 111 cm³/mol. The summed E-state index contributed by atoms with van der Waals surface area (Å²) in [6.07, 6.45) is 0. The van der Waals surface area contributed by atoms with Crippen LogP contribution in [0.3, 0.4) is 0 Å². The molecule has 27 heavy (non-hydrogen) atoms. The van der Waals surface area contributed by atoms with E-state index >= 15 is 0 Å². The summed E-state index contributed by atoms with van der Waals surface area (Å²) in [5, 5.41) is 4.52. The van der Waals surface area contributed by atoms with Crippen molar-refractivity contribution in [1.29, 1.82) is 0 Å². The maximum Gasteiger partial charge on any atom is 0.119 e. The average Bonchev–Trinajstić information content (AvgIpc) is 2.70. The summed E-state index contributed by atoms with van der Waals surface area (Å²) in [5.41, 5.74) is 3.40. The fourth-order valence-corrected chi connectivity index (χ4v) is 2.91. The molecule has 0 fully saturated rings. The van der Waals surface area contributed by atoms with E-state index in [4.69, 9.17) is 32.7 Å². The van der Waals surface area contributed by atoms with E-state index in [1.807, 2.05) is 36.4 Å². The molecule has 0 aliphatic heterocycles. The zero-order chi connectivity index (χ0) is 19.1. The molecule has 0 radical (unpaired) electrons. The van der Waals surface area contributed by atoms with Crippen LogP contribution >= 0.6 is 23.2 Å². The summed E-state index contributed by atoms with van der Waals surface area (Å²) in [5.74, 6) is 1.69. The molecule has 3 nitrogen and oxygen atoms in total. The lowest BCUT2D eigenvalue weighted by atomic mass is 10.2. The molecule has 0 bridgehead atoms. The quantitative estimate of drug-likeness (QED) is 0.511. The number of hydrogen-bond donors (Lipinski definition) is 1. The number of nitrogens with one attached hydrogen (secondary N) is 1. The Labute approximate surface area is 169 Å². The Morgan fingerprint density at radius 1 is 0.704 bits per heavy atom. The van der Waals surface area contributed by atoms with E-state index in [-0.39, 0.29) is 0 Å². The SMILES string of the molecule is COc1ccc(CNCc2ccc(OCc3ccc(Cl)c(Cl)c3)cc2)cc1. The zero-order valence-electron chi connectivity index (χ0n) is 15.0. The molecule has 3 aromatic carbocycles. The molecular formula is C22H21Cl2NO2. The third kappa shape index (κ3) is 5.90. The second-order valence-electron chi connectivity index (χ2n) is 6.13. The van der Waals surface area contributed by atoms with Crippen LogP contribution in [-0.4, -0.2) is 7.11 Å². The van der Waals surface area contributed by atoms with Crippen LogP contribution in [0, 0.1) is 0 Å². The van der Waals surface area contributed by atoms with E-state index in [0.29, 0.717) is 16.7 Å². The van der Waals surface area contributed by atoms with Crippen LogP contribution in [0.15, 0.2) is 66.7 Å². The molecule has 0 amide bonds. The molecule has 0 heterocycles. The molecular weight excluding hydrogens is 381 g/mol. The summed E-state index contributed by atoms with van der Waals surface area (Å²) < 4.78 is 11.0. The van der Waals surface area contributed by atoms with Crippen molar-refractivity contribution in [3.05, 3.63) is 93.5 Å². The number of methoxy groups -OCH3 is 1.